The molecule has 112 valence electrons. The van der Waals surface area contributed by atoms with Crippen LogP contribution in [0.15, 0.2) is 22.5 Å². The molecule has 0 aliphatic carbocycles. The highest BCUT2D eigenvalue weighted by Crippen LogP contribution is 2.22. The SMILES string of the molecule is Cc1nnc(SCC(=O)N[C@H](C)c2ccc(C)c(C)c2)s1. The van der Waals surface area contributed by atoms with Gasteiger partial charge in [-0.3, -0.25) is 4.79 Å². The highest BCUT2D eigenvalue weighted by Gasteiger charge is 2.11. The first-order valence-electron chi connectivity index (χ1n) is 6.75. The van der Waals surface area contributed by atoms with Crippen molar-refractivity contribution >= 4 is 29.0 Å². The summed E-state index contributed by atoms with van der Waals surface area (Å²) in [6.07, 6.45) is 0. The Morgan fingerprint density at radius 2 is 2.05 bits per heavy atom. The van der Waals surface area contributed by atoms with Gasteiger partial charge < -0.3 is 5.32 Å². The zero-order valence-electron chi connectivity index (χ0n) is 12.6. The minimum atomic E-state index is 0.00792. The second-order valence-electron chi connectivity index (χ2n) is 5.01. The van der Waals surface area contributed by atoms with Crippen LogP contribution in [0.25, 0.3) is 0 Å². The summed E-state index contributed by atoms with van der Waals surface area (Å²) in [5.41, 5.74) is 3.63. The predicted molar refractivity (Wildman–Crippen MR) is 87.8 cm³/mol. The van der Waals surface area contributed by atoms with Gasteiger partial charge >= 0.3 is 0 Å². The van der Waals surface area contributed by atoms with Crippen molar-refractivity contribution in [2.75, 3.05) is 5.75 Å². The molecule has 0 bridgehead atoms. The summed E-state index contributed by atoms with van der Waals surface area (Å²) in [5, 5.41) is 11.9. The molecule has 1 aromatic heterocycles. The number of benzene rings is 1. The topological polar surface area (TPSA) is 54.9 Å². The van der Waals surface area contributed by atoms with Crippen LogP contribution < -0.4 is 5.32 Å². The zero-order valence-corrected chi connectivity index (χ0v) is 14.3. The van der Waals surface area contributed by atoms with E-state index in [4.69, 9.17) is 0 Å². The summed E-state index contributed by atoms with van der Waals surface area (Å²) in [4.78, 5) is 12.0. The van der Waals surface area contributed by atoms with Crippen LogP contribution in [0.5, 0.6) is 0 Å². The minimum absolute atomic E-state index is 0.00792. The van der Waals surface area contributed by atoms with Crippen molar-refractivity contribution in [2.45, 2.75) is 38.1 Å². The van der Waals surface area contributed by atoms with Crippen LogP contribution in [0.2, 0.25) is 0 Å². The van der Waals surface area contributed by atoms with Gasteiger partial charge in [0.2, 0.25) is 5.91 Å². The van der Waals surface area contributed by atoms with Crippen molar-refractivity contribution in [3.63, 3.8) is 0 Å². The van der Waals surface area contributed by atoms with Crippen molar-refractivity contribution in [3.05, 3.63) is 39.9 Å². The lowest BCUT2D eigenvalue weighted by Crippen LogP contribution is -2.28. The van der Waals surface area contributed by atoms with E-state index in [9.17, 15) is 4.79 Å². The van der Waals surface area contributed by atoms with Gasteiger partial charge in [-0.2, -0.15) is 0 Å². The molecule has 2 aromatic rings. The Labute approximate surface area is 133 Å². The summed E-state index contributed by atoms with van der Waals surface area (Å²) in [7, 11) is 0. The standard InChI is InChI=1S/C15H19N3OS2/c1-9-5-6-13(7-10(9)2)11(3)16-14(19)8-20-15-18-17-12(4)21-15/h5-7,11H,8H2,1-4H3,(H,16,19)/t11-/m1/s1. The summed E-state index contributed by atoms with van der Waals surface area (Å²) in [6, 6.07) is 6.29. The molecule has 2 rings (SSSR count). The molecular weight excluding hydrogens is 302 g/mol. The highest BCUT2D eigenvalue weighted by atomic mass is 32.2. The van der Waals surface area contributed by atoms with E-state index in [0.29, 0.717) is 5.75 Å². The van der Waals surface area contributed by atoms with Crippen molar-refractivity contribution in [2.24, 2.45) is 0 Å². The van der Waals surface area contributed by atoms with E-state index >= 15 is 0 Å². The molecule has 1 heterocycles. The number of amides is 1. The number of hydrogen-bond acceptors (Lipinski definition) is 5. The molecular formula is C15H19N3OS2. The third kappa shape index (κ3) is 4.54. The third-order valence-electron chi connectivity index (χ3n) is 3.24. The van der Waals surface area contributed by atoms with Crippen molar-refractivity contribution in [3.8, 4) is 0 Å². The number of carbonyl (C=O) groups excluding carboxylic acids is 1. The largest absolute Gasteiger partial charge is 0.349 e. The molecule has 1 atom stereocenters. The molecule has 0 saturated heterocycles. The van der Waals surface area contributed by atoms with Gasteiger partial charge in [-0.1, -0.05) is 41.3 Å². The van der Waals surface area contributed by atoms with E-state index < -0.39 is 0 Å². The number of thioether (sulfide) groups is 1. The average molecular weight is 321 g/mol. The number of aryl methyl sites for hydroxylation is 3. The lowest BCUT2D eigenvalue weighted by Gasteiger charge is -2.15. The number of aromatic nitrogens is 2. The van der Waals surface area contributed by atoms with Crippen LogP contribution in [0.4, 0.5) is 0 Å². The Balaban J connectivity index is 1.88. The van der Waals surface area contributed by atoms with Gasteiger partial charge in [0.25, 0.3) is 0 Å². The summed E-state index contributed by atoms with van der Waals surface area (Å²) in [5.74, 6) is 0.377. The van der Waals surface area contributed by atoms with E-state index in [-0.39, 0.29) is 11.9 Å². The Kier molecular flexibility index (Phi) is 5.36. The van der Waals surface area contributed by atoms with E-state index in [1.54, 1.807) is 0 Å². The number of rotatable bonds is 5. The van der Waals surface area contributed by atoms with Crippen LogP contribution in [0.3, 0.4) is 0 Å². The fraction of sp³-hybridized carbons (Fsp3) is 0.400. The molecule has 0 fully saturated rings. The quantitative estimate of drug-likeness (QED) is 0.857. The van der Waals surface area contributed by atoms with Gasteiger partial charge in [-0.15, -0.1) is 10.2 Å². The number of nitrogens with zero attached hydrogens (tertiary/aromatic N) is 2. The van der Waals surface area contributed by atoms with E-state index in [1.165, 1.54) is 34.2 Å². The number of nitrogens with one attached hydrogen (secondary N) is 1. The Morgan fingerprint density at radius 1 is 1.29 bits per heavy atom. The van der Waals surface area contributed by atoms with E-state index in [2.05, 4.69) is 47.6 Å². The maximum Gasteiger partial charge on any atom is 0.230 e. The van der Waals surface area contributed by atoms with Crippen molar-refractivity contribution in [1.29, 1.82) is 0 Å². The molecule has 0 aliphatic heterocycles. The van der Waals surface area contributed by atoms with E-state index in [0.717, 1.165) is 14.9 Å². The Morgan fingerprint density at radius 3 is 2.67 bits per heavy atom. The van der Waals surface area contributed by atoms with Gasteiger partial charge in [0, 0.05) is 0 Å². The molecule has 4 nitrogen and oxygen atoms in total. The first kappa shape index (κ1) is 16.0. The number of hydrogen-bond donors (Lipinski definition) is 1. The van der Waals surface area contributed by atoms with Crippen LogP contribution in [0.1, 0.15) is 34.7 Å². The molecule has 0 radical (unpaired) electrons. The third-order valence-corrected chi connectivity index (χ3v) is 5.21. The van der Waals surface area contributed by atoms with Gasteiger partial charge in [0.15, 0.2) is 4.34 Å². The fourth-order valence-corrected chi connectivity index (χ4v) is 3.49. The van der Waals surface area contributed by atoms with E-state index in [1.807, 2.05) is 13.8 Å². The maximum absolute atomic E-state index is 12.0. The second kappa shape index (κ2) is 7.04. The summed E-state index contributed by atoms with van der Waals surface area (Å²) < 4.78 is 0.835. The lowest BCUT2D eigenvalue weighted by molar-refractivity contribution is -0.119. The zero-order chi connectivity index (χ0) is 15.4. The molecule has 1 aromatic carbocycles. The van der Waals surface area contributed by atoms with Gasteiger partial charge in [0.05, 0.1) is 11.8 Å². The molecule has 21 heavy (non-hydrogen) atoms. The van der Waals surface area contributed by atoms with Gasteiger partial charge in [-0.05, 0) is 44.4 Å². The van der Waals surface area contributed by atoms with Gasteiger partial charge in [-0.25, -0.2) is 0 Å². The van der Waals surface area contributed by atoms with Crippen LogP contribution in [-0.4, -0.2) is 21.9 Å². The predicted octanol–water partition coefficient (Wildman–Crippen LogP) is 3.43. The van der Waals surface area contributed by atoms with Crippen LogP contribution >= 0.6 is 23.1 Å². The second-order valence-corrected chi connectivity index (χ2v) is 7.41. The van der Waals surface area contributed by atoms with Crippen LogP contribution in [-0.2, 0) is 4.79 Å². The smallest absolute Gasteiger partial charge is 0.230 e. The summed E-state index contributed by atoms with van der Waals surface area (Å²) >= 11 is 2.93. The first-order chi connectivity index (χ1) is 9.95. The molecule has 6 heteroatoms. The van der Waals surface area contributed by atoms with Crippen molar-refractivity contribution in [1.82, 2.24) is 15.5 Å². The lowest BCUT2D eigenvalue weighted by atomic mass is 10.0. The van der Waals surface area contributed by atoms with Crippen LogP contribution in [0, 0.1) is 20.8 Å². The molecule has 0 unspecified atom stereocenters. The maximum atomic E-state index is 12.0. The highest BCUT2D eigenvalue weighted by molar-refractivity contribution is 8.01. The summed E-state index contributed by atoms with van der Waals surface area (Å²) in [6.45, 7) is 8.08. The molecule has 1 amide bonds. The molecule has 0 aliphatic rings. The fourth-order valence-electron chi connectivity index (χ4n) is 1.86. The normalized spacial score (nSPS) is 12.2. The Bertz CT molecular complexity index is 640. The average Bonchev–Trinajstić information content (AvgIpc) is 2.85. The molecule has 1 N–H and O–H groups in total. The first-order valence-corrected chi connectivity index (χ1v) is 8.55. The number of carbonyl (C=O) groups is 1. The monoisotopic (exact) mass is 321 g/mol. The molecule has 0 spiro atoms. The van der Waals surface area contributed by atoms with Crippen molar-refractivity contribution < 1.29 is 4.79 Å². The van der Waals surface area contributed by atoms with Gasteiger partial charge in [0.1, 0.15) is 5.01 Å². The molecule has 0 saturated carbocycles. The Hall–Kier alpha value is -1.40. The minimum Gasteiger partial charge on any atom is -0.349 e.